The molecule has 2 fully saturated rings. The minimum absolute atomic E-state index is 0.487. The first kappa shape index (κ1) is 18.4. The monoisotopic (exact) mass is 365 g/mol. The van der Waals surface area contributed by atoms with Crippen molar-refractivity contribution in [1.29, 1.82) is 0 Å². The number of hydrogen-bond acceptors (Lipinski definition) is 5. The van der Waals surface area contributed by atoms with E-state index in [2.05, 4.69) is 33.2 Å². The van der Waals surface area contributed by atoms with E-state index < -0.39 is 0 Å². The van der Waals surface area contributed by atoms with Crippen LogP contribution in [-0.4, -0.2) is 39.5 Å². The molecule has 0 unspecified atom stereocenters. The smallest absolute Gasteiger partial charge is 0.150 e. The molecule has 0 spiro atoms. The van der Waals surface area contributed by atoms with Gasteiger partial charge in [0.2, 0.25) is 0 Å². The van der Waals surface area contributed by atoms with Gasteiger partial charge < -0.3 is 10.2 Å². The summed E-state index contributed by atoms with van der Waals surface area (Å²) in [5.41, 5.74) is 2.22. The predicted molar refractivity (Wildman–Crippen MR) is 109 cm³/mol. The highest BCUT2D eigenvalue weighted by Crippen LogP contribution is 2.30. The lowest BCUT2D eigenvalue weighted by Crippen LogP contribution is -2.38. The normalized spacial score (nSPS) is 21.9. The van der Waals surface area contributed by atoms with Gasteiger partial charge in [-0.1, -0.05) is 25.3 Å². The fourth-order valence-corrected chi connectivity index (χ4v) is 4.57. The lowest BCUT2D eigenvalue weighted by Gasteiger charge is -2.35. The molecule has 0 radical (unpaired) electrons. The third kappa shape index (κ3) is 4.83. The van der Waals surface area contributed by atoms with Gasteiger partial charge in [0.15, 0.2) is 0 Å². The standard InChI is InChI=1S/C22H31N5/c1-17-7-5-11-24-22(17)26-21-14-23-13-20(25-21)19-10-6-12-27(16-19)15-18-8-3-2-4-9-18/h5,7,11,13-14,18-19H,2-4,6,8-10,12,15-16H2,1H3,(H,24,25,26)/t19-/m0/s1. The Labute approximate surface area is 162 Å². The number of likely N-dealkylation sites (tertiary alicyclic amines) is 1. The maximum absolute atomic E-state index is 4.87. The Bertz CT molecular complexity index is 741. The van der Waals surface area contributed by atoms with E-state index in [1.807, 2.05) is 12.3 Å². The molecule has 2 aromatic rings. The van der Waals surface area contributed by atoms with Crippen LogP contribution < -0.4 is 5.32 Å². The molecule has 2 aliphatic rings. The van der Waals surface area contributed by atoms with Gasteiger partial charge in [0, 0.05) is 31.4 Å². The quantitative estimate of drug-likeness (QED) is 0.833. The van der Waals surface area contributed by atoms with E-state index >= 15 is 0 Å². The average Bonchev–Trinajstić information content (AvgIpc) is 2.71. The van der Waals surface area contributed by atoms with Crippen molar-refractivity contribution in [1.82, 2.24) is 19.9 Å². The number of rotatable bonds is 5. The van der Waals surface area contributed by atoms with Crippen molar-refractivity contribution in [3.05, 3.63) is 42.0 Å². The third-order valence-electron chi connectivity index (χ3n) is 6.07. The zero-order valence-electron chi connectivity index (χ0n) is 16.4. The number of anilines is 2. The van der Waals surface area contributed by atoms with E-state index in [1.165, 1.54) is 58.0 Å². The molecule has 5 heteroatoms. The first-order valence-corrected chi connectivity index (χ1v) is 10.5. The van der Waals surface area contributed by atoms with Gasteiger partial charge in [0.25, 0.3) is 0 Å². The van der Waals surface area contributed by atoms with Gasteiger partial charge in [0.1, 0.15) is 11.6 Å². The van der Waals surface area contributed by atoms with Crippen molar-refractivity contribution in [2.24, 2.45) is 5.92 Å². The molecule has 1 N–H and O–H groups in total. The van der Waals surface area contributed by atoms with E-state index in [-0.39, 0.29) is 0 Å². The van der Waals surface area contributed by atoms with Gasteiger partial charge >= 0.3 is 0 Å². The third-order valence-corrected chi connectivity index (χ3v) is 6.07. The highest BCUT2D eigenvalue weighted by Gasteiger charge is 2.25. The minimum Gasteiger partial charge on any atom is -0.323 e. The van der Waals surface area contributed by atoms with Crippen LogP contribution in [0, 0.1) is 12.8 Å². The predicted octanol–water partition coefficient (Wildman–Crippen LogP) is 4.68. The summed E-state index contributed by atoms with van der Waals surface area (Å²) in [6.45, 7) is 5.69. The van der Waals surface area contributed by atoms with Crippen LogP contribution in [0.5, 0.6) is 0 Å². The molecule has 2 aromatic heterocycles. The van der Waals surface area contributed by atoms with Crippen LogP contribution in [0.25, 0.3) is 0 Å². The van der Waals surface area contributed by atoms with Crippen molar-refractivity contribution in [3.63, 3.8) is 0 Å². The van der Waals surface area contributed by atoms with E-state index in [9.17, 15) is 0 Å². The molecule has 1 aliphatic carbocycles. The molecule has 1 saturated heterocycles. The molecule has 0 bridgehead atoms. The maximum Gasteiger partial charge on any atom is 0.150 e. The molecule has 144 valence electrons. The Morgan fingerprint density at radius 2 is 2.00 bits per heavy atom. The van der Waals surface area contributed by atoms with Crippen LogP contribution in [-0.2, 0) is 0 Å². The lowest BCUT2D eigenvalue weighted by atomic mass is 9.87. The molecule has 0 amide bonds. The Morgan fingerprint density at radius 1 is 1.11 bits per heavy atom. The number of piperidine rings is 1. The second kappa shape index (κ2) is 8.79. The van der Waals surface area contributed by atoms with Gasteiger partial charge in [0.05, 0.1) is 11.9 Å². The fraction of sp³-hybridized carbons (Fsp3) is 0.591. The molecule has 1 aliphatic heterocycles. The average molecular weight is 366 g/mol. The van der Waals surface area contributed by atoms with E-state index in [1.54, 1.807) is 12.4 Å². The SMILES string of the molecule is Cc1cccnc1Nc1cncc([C@H]2CCCN(CC3CCCCC3)C2)n1. The zero-order valence-corrected chi connectivity index (χ0v) is 16.4. The van der Waals surface area contributed by atoms with Gasteiger partial charge in [-0.25, -0.2) is 9.97 Å². The van der Waals surface area contributed by atoms with Crippen LogP contribution >= 0.6 is 0 Å². The van der Waals surface area contributed by atoms with Crippen LogP contribution in [0.4, 0.5) is 11.6 Å². The Kier molecular flexibility index (Phi) is 5.97. The highest BCUT2D eigenvalue weighted by molar-refractivity contribution is 5.54. The van der Waals surface area contributed by atoms with Crippen LogP contribution in [0.1, 0.15) is 62.1 Å². The molecule has 0 aromatic carbocycles. The summed E-state index contributed by atoms with van der Waals surface area (Å²) in [6, 6.07) is 4.00. The number of hydrogen-bond donors (Lipinski definition) is 1. The molecule has 4 rings (SSSR count). The van der Waals surface area contributed by atoms with Crippen molar-refractivity contribution in [2.75, 3.05) is 25.0 Å². The molecule has 1 saturated carbocycles. The van der Waals surface area contributed by atoms with E-state index in [0.29, 0.717) is 5.92 Å². The van der Waals surface area contributed by atoms with Gasteiger partial charge in [-0.15, -0.1) is 0 Å². The number of nitrogens with zero attached hydrogens (tertiary/aromatic N) is 4. The molecule has 27 heavy (non-hydrogen) atoms. The van der Waals surface area contributed by atoms with Gasteiger partial charge in [-0.05, 0) is 56.7 Å². The van der Waals surface area contributed by atoms with Crippen LogP contribution in [0.15, 0.2) is 30.7 Å². The fourth-order valence-electron chi connectivity index (χ4n) is 4.57. The summed E-state index contributed by atoms with van der Waals surface area (Å²) in [5.74, 6) is 3.04. The van der Waals surface area contributed by atoms with Crippen molar-refractivity contribution in [3.8, 4) is 0 Å². The Balaban J connectivity index is 1.41. The Morgan fingerprint density at radius 3 is 2.85 bits per heavy atom. The molecular weight excluding hydrogens is 334 g/mol. The summed E-state index contributed by atoms with van der Waals surface area (Å²) < 4.78 is 0. The summed E-state index contributed by atoms with van der Waals surface area (Å²) in [7, 11) is 0. The molecule has 1 atom stereocenters. The second-order valence-electron chi connectivity index (χ2n) is 8.23. The van der Waals surface area contributed by atoms with Gasteiger partial charge in [-0.3, -0.25) is 4.98 Å². The van der Waals surface area contributed by atoms with Crippen molar-refractivity contribution < 1.29 is 0 Å². The summed E-state index contributed by atoms with van der Waals surface area (Å²) in [5, 5.41) is 3.33. The maximum atomic E-state index is 4.87. The number of nitrogens with one attached hydrogen (secondary N) is 1. The van der Waals surface area contributed by atoms with Crippen LogP contribution in [0.3, 0.4) is 0 Å². The summed E-state index contributed by atoms with van der Waals surface area (Å²) >= 11 is 0. The zero-order chi connectivity index (χ0) is 18.5. The molecule has 5 nitrogen and oxygen atoms in total. The number of aryl methyl sites for hydroxylation is 1. The first-order valence-electron chi connectivity index (χ1n) is 10.5. The van der Waals surface area contributed by atoms with E-state index in [0.717, 1.165) is 35.4 Å². The topological polar surface area (TPSA) is 53.9 Å². The lowest BCUT2D eigenvalue weighted by molar-refractivity contribution is 0.159. The number of aromatic nitrogens is 3. The minimum atomic E-state index is 0.487. The molecule has 3 heterocycles. The van der Waals surface area contributed by atoms with Crippen molar-refractivity contribution >= 4 is 11.6 Å². The second-order valence-corrected chi connectivity index (χ2v) is 8.23. The largest absolute Gasteiger partial charge is 0.323 e. The molecular formula is C22H31N5. The first-order chi connectivity index (χ1) is 13.3. The summed E-state index contributed by atoms with van der Waals surface area (Å²) in [4.78, 5) is 16.4. The number of pyridine rings is 1. The van der Waals surface area contributed by atoms with E-state index in [4.69, 9.17) is 4.98 Å². The Hall–Kier alpha value is -2.01. The highest BCUT2D eigenvalue weighted by atomic mass is 15.1. The van der Waals surface area contributed by atoms with Crippen LogP contribution in [0.2, 0.25) is 0 Å². The van der Waals surface area contributed by atoms with Crippen molar-refractivity contribution in [2.45, 2.75) is 57.8 Å². The van der Waals surface area contributed by atoms with Gasteiger partial charge in [-0.2, -0.15) is 0 Å². The summed E-state index contributed by atoms with van der Waals surface area (Å²) in [6.07, 6.45) is 15.1.